The van der Waals surface area contributed by atoms with Crippen LogP contribution >= 0.6 is 0 Å². The Hall–Kier alpha value is -3.24. The van der Waals surface area contributed by atoms with Crippen LogP contribution in [0.2, 0.25) is 0 Å². The van der Waals surface area contributed by atoms with Crippen LogP contribution in [0.1, 0.15) is 0 Å². The van der Waals surface area contributed by atoms with Gasteiger partial charge in [-0.05, 0) is 0 Å². The minimum absolute atomic E-state index is 0.0310. The van der Waals surface area contributed by atoms with Crippen LogP contribution in [0.5, 0.6) is 0 Å². The Balaban J connectivity index is 2.42. The van der Waals surface area contributed by atoms with Gasteiger partial charge in [0.25, 0.3) is 0 Å². The van der Waals surface area contributed by atoms with Gasteiger partial charge in [-0.1, -0.05) is 0 Å². The van der Waals surface area contributed by atoms with Crippen LogP contribution in [-0.2, 0) is 0 Å². The van der Waals surface area contributed by atoms with Crippen molar-refractivity contribution < 1.29 is 0 Å². The highest BCUT2D eigenvalue weighted by Crippen LogP contribution is 2.27. The maximum atomic E-state index is 5.66. The number of nitrogens with one attached hydrogen (secondary N) is 1. The number of nitrogens with two attached hydrogens (primary N) is 6. The van der Waals surface area contributed by atoms with Crippen LogP contribution in [0.15, 0.2) is 0 Å². The van der Waals surface area contributed by atoms with Crippen molar-refractivity contribution in [2.75, 3.05) is 39.7 Å². The topological polar surface area (TPSA) is 220 Å². The SMILES string of the molecule is Nc1nc(N)c(Nc2nc(N)c(N)c(N)n2)c(N)n1. The zero-order chi connectivity index (χ0) is 14.2. The van der Waals surface area contributed by atoms with Gasteiger partial charge in [0, 0.05) is 0 Å². The van der Waals surface area contributed by atoms with Crippen molar-refractivity contribution >= 4 is 46.5 Å². The van der Waals surface area contributed by atoms with Gasteiger partial charge in [-0.15, -0.1) is 0 Å². The molecule has 2 rings (SSSR count). The second-order valence-electron chi connectivity index (χ2n) is 3.58. The van der Waals surface area contributed by atoms with Crippen LogP contribution in [0.25, 0.3) is 0 Å². The number of nitrogens with zero attached hydrogens (tertiary/aromatic N) is 4. The fourth-order valence-corrected chi connectivity index (χ4v) is 1.32. The molecular weight excluding hydrogens is 250 g/mol. The zero-order valence-electron chi connectivity index (χ0n) is 9.75. The first-order chi connectivity index (χ1) is 8.88. The summed E-state index contributed by atoms with van der Waals surface area (Å²) >= 11 is 0. The fraction of sp³-hybridized carbons (Fsp3) is 0. The Labute approximate surface area is 107 Å². The molecule has 0 aromatic carbocycles. The zero-order valence-corrected chi connectivity index (χ0v) is 9.75. The summed E-state index contributed by atoms with van der Waals surface area (Å²) in [5, 5.41) is 2.71. The summed E-state index contributed by atoms with van der Waals surface area (Å²) in [4.78, 5) is 15.3. The minimum atomic E-state index is -0.0437. The normalized spacial score (nSPS) is 10.3. The van der Waals surface area contributed by atoms with Gasteiger partial charge in [0.1, 0.15) is 11.4 Å². The molecule has 0 aliphatic heterocycles. The van der Waals surface area contributed by atoms with Gasteiger partial charge in [0.2, 0.25) is 11.9 Å². The van der Waals surface area contributed by atoms with Gasteiger partial charge in [-0.25, -0.2) is 0 Å². The van der Waals surface area contributed by atoms with Gasteiger partial charge >= 0.3 is 0 Å². The second kappa shape index (κ2) is 4.21. The van der Waals surface area contributed by atoms with Crippen molar-refractivity contribution in [1.29, 1.82) is 0 Å². The van der Waals surface area contributed by atoms with E-state index >= 15 is 0 Å². The van der Waals surface area contributed by atoms with E-state index in [2.05, 4.69) is 25.3 Å². The molecule has 0 saturated carbocycles. The molecular formula is C8H13N11. The highest BCUT2D eigenvalue weighted by atomic mass is 15.2. The van der Waals surface area contributed by atoms with Crippen LogP contribution in [0, 0.1) is 0 Å². The van der Waals surface area contributed by atoms with E-state index in [1.165, 1.54) is 0 Å². The van der Waals surface area contributed by atoms with Gasteiger partial charge in [-0.2, -0.15) is 19.9 Å². The number of hydrogen-bond acceptors (Lipinski definition) is 11. The molecule has 0 aliphatic carbocycles. The predicted octanol–water partition coefficient (Wildman–Crippen LogP) is -1.50. The first-order valence-corrected chi connectivity index (χ1v) is 5.02. The summed E-state index contributed by atoms with van der Waals surface area (Å²) in [6.07, 6.45) is 0. The third-order valence-corrected chi connectivity index (χ3v) is 2.22. The number of anilines is 8. The summed E-state index contributed by atoms with van der Waals surface area (Å²) in [6.45, 7) is 0. The van der Waals surface area contributed by atoms with E-state index in [9.17, 15) is 0 Å². The minimum Gasteiger partial charge on any atom is -0.393 e. The van der Waals surface area contributed by atoms with E-state index < -0.39 is 0 Å². The molecule has 11 nitrogen and oxygen atoms in total. The van der Waals surface area contributed by atoms with E-state index in [-0.39, 0.29) is 46.5 Å². The van der Waals surface area contributed by atoms with Crippen molar-refractivity contribution in [3.63, 3.8) is 0 Å². The molecule has 0 bridgehead atoms. The van der Waals surface area contributed by atoms with E-state index in [1.807, 2.05) is 0 Å². The predicted molar refractivity (Wildman–Crippen MR) is 73.8 cm³/mol. The molecule has 0 spiro atoms. The lowest BCUT2D eigenvalue weighted by Crippen LogP contribution is -2.12. The van der Waals surface area contributed by atoms with Crippen LogP contribution < -0.4 is 39.7 Å². The maximum Gasteiger partial charge on any atom is 0.231 e. The molecule has 100 valence electrons. The van der Waals surface area contributed by atoms with E-state index in [1.54, 1.807) is 0 Å². The number of hydrogen-bond donors (Lipinski definition) is 7. The molecule has 19 heavy (non-hydrogen) atoms. The highest BCUT2D eigenvalue weighted by Gasteiger charge is 2.12. The quantitative estimate of drug-likeness (QED) is 0.330. The van der Waals surface area contributed by atoms with E-state index in [4.69, 9.17) is 34.4 Å². The molecule has 11 heteroatoms. The Morgan fingerprint density at radius 1 is 0.632 bits per heavy atom. The lowest BCUT2D eigenvalue weighted by atomic mass is 10.4. The fourth-order valence-electron chi connectivity index (χ4n) is 1.32. The van der Waals surface area contributed by atoms with Crippen LogP contribution in [-0.4, -0.2) is 19.9 Å². The van der Waals surface area contributed by atoms with Gasteiger partial charge in [0.05, 0.1) is 0 Å². The molecule has 0 radical (unpaired) electrons. The highest BCUT2D eigenvalue weighted by molar-refractivity contribution is 5.80. The molecule has 2 aromatic heterocycles. The largest absolute Gasteiger partial charge is 0.393 e. The van der Waals surface area contributed by atoms with E-state index in [0.29, 0.717) is 0 Å². The molecule has 0 aliphatic rings. The van der Waals surface area contributed by atoms with Crippen molar-refractivity contribution in [3.8, 4) is 0 Å². The number of aromatic nitrogens is 4. The second-order valence-corrected chi connectivity index (χ2v) is 3.58. The average molecular weight is 263 g/mol. The van der Waals surface area contributed by atoms with E-state index in [0.717, 1.165) is 0 Å². The van der Waals surface area contributed by atoms with Crippen molar-refractivity contribution in [2.45, 2.75) is 0 Å². The lowest BCUT2D eigenvalue weighted by molar-refractivity contribution is 1.16. The third-order valence-electron chi connectivity index (χ3n) is 2.22. The average Bonchev–Trinajstić information content (AvgIpc) is 2.30. The summed E-state index contributed by atoms with van der Waals surface area (Å²) < 4.78 is 0. The summed E-state index contributed by atoms with van der Waals surface area (Å²) in [5.74, 6) is 0.172. The maximum absolute atomic E-state index is 5.66. The van der Waals surface area contributed by atoms with Crippen LogP contribution in [0.4, 0.5) is 46.5 Å². The summed E-state index contributed by atoms with van der Waals surface area (Å²) in [6, 6.07) is 0. The summed E-state index contributed by atoms with van der Waals surface area (Å²) in [7, 11) is 0. The number of nitrogen functional groups attached to an aromatic ring is 6. The lowest BCUT2D eigenvalue weighted by Gasteiger charge is -2.11. The van der Waals surface area contributed by atoms with Gasteiger partial charge in [0.15, 0.2) is 23.3 Å². The molecule has 2 aromatic rings. The molecule has 2 heterocycles. The Morgan fingerprint density at radius 2 is 1.11 bits per heavy atom. The van der Waals surface area contributed by atoms with Crippen LogP contribution in [0.3, 0.4) is 0 Å². The first-order valence-electron chi connectivity index (χ1n) is 5.02. The molecule has 0 unspecified atom stereocenters. The molecule has 0 amide bonds. The standard InChI is InChI=1S/C8H13N11/c9-1-3(10)18-8(19-4(1)11)15-2-5(12)16-7(14)17-6(2)13/h9H2,(H5,10,11,15,18,19)(H6,12,13,14,16,17). The van der Waals surface area contributed by atoms with Crippen molar-refractivity contribution in [1.82, 2.24) is 19.9 Å². The Kier molecular flexibility index (Phi) is 2.71. The first kappa shape index (κ1) is 12.2. The van der Waals surface area contributed by atoms with Crippen molar-refractivity contribution in [3.05, 3.63) is 0 Å². The molecule has 13 N–H and O–H groups in total. The molecule has 0 saturated heterocycles. The number of rotatable bonds is 2. The van der Waals surface area contributed by atoms with Gasteiger partial charge in [-0.3, -0.25) is 0 Å². The Bertz CT molecular complexity index is 591. The molecule has 0 fully saturated rings. The van der Waals surface area contributed by atoms with Gasteiger partial charge < -0.3 is 39.7 Å². The molecule has 0 atom stereocenters. The van der Waals surface area contributed by atoms with Crippen molar-refractivity contribution in [2.24, 2.45) is 0 Å². The third kappa shape index (κ3) is 2.24. The monoisotopic (exact) mass is 263 g/mol. The smallest absolute Gasteiger partial charge is 0.231 e. The summed E-state index contributed by atoms with van der Waals surface area (Å²) in [5.41, 5.74) is 33.7. The Morgan fingerprint density at radius 3 is 1.58 bits per heavy atom.